The van der Waals surface area contributed by atoms with Crippen LogP contribution in [0, 0.1) is 5.82 Å². The van der Waals surface area contributed by atoms with Gasteiger partial charge in [-0.3, -0.25) is 9.69 Å². The molecule has 0 bridgehead atoms. The van der Waals surface area contributed by atoms with Crippen molar-refractivity contribution in [3.8, 4) is 0 Å². The summed E-state index contributed by atoms with van der Waals surface area (Å²) in [6.45, 7) is 0.653. The van der Waals surface area contributed by atoms with Crippen molar-refractivity contribution in [1.29, 1.82) is 0 Å². The Hall–Kier alpha value is -2.75. The first kappa shape index (κ1) is 22.9. The van der Waals surface area contributed by atoms with Crippen molar-refractivity contribution in [3.05, 3.63) is 58.5 Å². The van der Waals surface area contributed by atoms with Crippen LogP contribution in [0.2, 0.25) is 5.02 Å². The average Bonchev–Trinajstić information content (AvgIpc) is 3.02. The van der Waals surface area contributed by atoms with Crippen molar-refractivity contribution in [1.82, 2.24) is 9.88 Å². The van der Waals surface area contributed by atoms with E-state index in [9.17, 15) is 31.5 Å². The number of pyridine rings is 1. The Kier molecular flexibility index (Phi) is 6.49. The lowest BCUT2D eigenvalue weighted by Crippen LogP contribution is -2.43. The van der Waals surface area contributed by atoms with E-state index in [2.05, 4.69) is 4.98 Å². The third-order valence-corrected chi connectivity index (χ3v) is 5.15. The third kappa shape index (κ3) is 4.79. The first-order chi connectivity index (χ1) is 14.5. The van der Waals surface area contributed by atoms with Gasteiger partial charge in [0.25, 0.3) is 0 Å². The molecule has 1 aromatic heterocycles. The molecule has 11 heteroatoms. The van der Waals surface area contributed by atoms with E-state index in [1.165, 1.54) is 25.1 Å². The van der Waals surface area contributed by atoms with Gasteiger partial charge in [-0.1, -0.05) is 30.7 Å². The normalized spacial score (nSPS) is 17.9. The number of benzene rings is 1. The fraction of sp³-hybridized carbons (Fsp3) is 0.350. The maximum Gasteiger partial charge on any atom is 0.417 e. The molecule has 1 aliphatic heterocycles. The molecule has 2 atom stereocenters. The molecule has 2 amide bonds. The van der Waals surface area contributed by atoms with Crippen LogP contribution in [0.5, 0.6) is 0 Å². The summed E-state index contributed by atoms with van der Waals surface area (Å²) in [7, 11) is 0. The van der Waals surface area contributed by atoms with Crippen molar-refractivity contribution in [3.63, 3.8) is 0 Å². The Balaban J connectivity index is 1.90. The van der Waals surface area contributed by atoms with Gasteiger partial charge >= 0.3 is 12.2 Å². The molecule has 0 aliphatic carbocycles. The summed E-state index contributed by atoms with van der Waals surface area (Å²) >= 11 is 5.87. The molecule has 2 heterocycles. The van der Waals surface area contributed by atoms with Crippen LogP contribution in [-0.2, 0) is 6.18 Å². The number of nitrogens with zero attached hydrogens (tertiary/aromatic N) is 3. The Bertz CT molecular complexity index is 1000. The molecule has 1 aliphatic rings. The molecular weight excluding hydrogens is 445 g/mol. The molecule has 0 spiro atoms. The number of rotatable bonds is 6. The monoisotopic (exact) mass is 461 g/mol. The summed E-state index contributed by atoms with van der Waals surface area (Å²) in [5.74, 6) is -2.56. The number of hydrogen-bond donors (Lipinski definition) is 0. The minimum Gasteiger partial charge on any atom is -0.309 e. The van der Waals surface area contributed by atoms with Crippen molar-refractivity contribution in [2.45, 2.75) is 31.7 Å². The van der Waals surface area contributed by atoms with Crippen LogP contribution in [0.1, 0.15) is 29.3 Å². The summed E-state index contributed by atoms with van der Waals surface area (Å²) in [4.78, 5) is 30.6. The number of Topliss-reactive ketones (excluding diaryl/α,β-unsaturated/α-hetero) is 1. The van der Waals surface area contributed by atoms with Gasteiger partial charge in [0.1, 0.15) is 6.17 Å². The van der Waals surface area contributed by atoms with Gasteiger partial charge in [0.05, 0.1) is 24.7 Å². The number of amides is 2. The fourth-order valence-electron chi connectivity index (χ4n) is 3.30. The van der Waals surface area contributed by atoms with Gasteiger partial charge in [0.15, 0.2) is 17.4 Å². The van der Waals surface area contributed by atoms with E-state index in [-0.39, 0.29) is 24.6 Å². The van der Waals surface area contributed by atoms with Gasteiger partial charge in [-0.15, -0.1) is 0 Å². The topological polar surface area (TPSA) is 53.5 Å². The maximum atomic E-state index is 14.6. The first-order valence-electron chi connectivity index (χ1n) is 9.26. The zero-order valence-corrected chi connectivity index (χ0v) is 16.9. The predicted octanol–water partition coefficient (Wildman–Crippen LogP) is 5.13. The number of anilines is 1. The number of alkyl halides is 4. The Morgan fingerprint density at radius 1 is 1.32 bits per heavy atom. The van der Waals surface area contributed by atoms with Crippen LogP contribution < -0.4 is 4.90 Å². The molecule has 0 unspecified atom stereocenters. The van der Waals surface area contributed by atoms with Crippen molar-refractivity contribution in [2.24, 2.45) is 0 Å². The maximum absolute atomic E-state index is 14.6. The molecule has 166 valence electrons. The summed E-state index contributed by atoms with van der Waals surface area (Å²) in [6, 6.07) is 4.14. The molecular formula is C20H17ClF5N3O2. The van der Waals surface area contributed by atoms with Crippen LogP contribution >= 0.6 is 11.6 Å². The second-order valence-electron chi connectivity index (χ2n) is 6.97. The van der Waals surface area contributed by atoms with E-state index in [0.717, 1.165) is 9.80 Å². The quantitative estimate of drug-likeness (QED) is 0.442. The number of carbonyl (C=O) groups is 2. The highest BCUT2D eigenvalue weighted by molar-refractivity contribution is 6.31. The molecule has 5 nitrogen and oxygen atoms in total. The lowest BCUT2D eigenvalue weighted by Gasteiger charge is -2.24. The first-order valence-corrected chi connectivity index (χ1v) is 9.64. The molecule has 0 radical (unpaired) electrons. The van der Waals surface area contributed by atoms with E-state index in [4.69, 9.17) is 11.6 Å². The number of halogens is 6. The summed E-state index contributed by atoms with van der Waals surface area (Å²) in [6.07, 6.45) is -5.95. The summed E-state index contributed by atoms with van der Waals surface area (Å²) < 4.78 is 67.2. The van der Waals surface area contributed by atoms with Gasteiger partial charge in [-0.25, -0.2) is 18.6 Å². The molecule has 1 fully saturated rings. The van der Waals surface area contributed by atoms with Crippen LogP contribution in [0.3, 0.4) is 0 Å². The van der Waals surface area contributed by atoms with Crippen LogP contribution in [-0.4, -0.2) is 47.0 Å². The van der Waals surface area contributed by atoms with E-state index in [1.807, 2.05) is 0 Å². The smallest absolute Gasteiger partial charge is 0.309 e. The number of urea groups is 1. The number of aromatic nitrogens is 1. The van der Waals surface area contributed by atoms with Crippen molar-refractivity contribution < 1.29 is 31.5 Å². The molecule has 3 rings (SSSR count). The molecule has 2 aromatic rings. The molecule has 0 saturated carbocycles. The minimum atomic E-state index is -4.81. The third-order valence-electron chi connectivity index (χ3n) is 4.92. The number of ketones is 1. The van der Waals surface area contributed by atoms with Crippen molar-refractivity contribution >= 4 is 29.2 Å². The second kappa shape index (κ2) is 8.78. The van der Waals surface area contributed by atoms with Gasteiger partial charge in [0.2, 0.25) is 0 Å². The summed E-state index contributed by atoms with van der Waals surface area (Å²) in [5.41, 5.74) is -1.12. The number of hydrogen-bond acceptors (Lipinski definition) is 3. The average molecular weight is 462 g/mol. The van der Waals surface area contributed by atoms with Crippen molar-refractivity contribution in [2.75, 3.05) is 18.0 Å². The molecule has 1 saturated heterocycles. The van der Waals surface area contributed by atoms with E-state index in [1.54, 1.807) is 6.07 Å². The number of carbonyl (C=O) groups excluding carboxylic acids is 2. The van der Waals surface area contributed by atoms with Gasteiger partial charge in [-0.2, -0.15) is 13.2 Å². The van der Waals surface area contributed by atoms with E-state index < -0.39 is 53.9 Å². The largest absolute Gasteiger partial charge is 0.417 e. The van der Waals surface area contributed by atoms with Gasteiger partial charge in [-0.05, 0) is 24.6 Å². The fourth-order valence-corrected chi connectivity index (χ4v) is 3.49. The lowest BCUT2D eigenvalue weighted by molar-refractivity contribution is -0.138. The standard InChI is InChI=1S/C20H17ClF5N3O2/c1-2-14(22)16-9-29(18-15(23)7-12(8-27-18)20(24,25)26)19(31)28(16)10-17(30)11-4-3-5-13(21)6-11/h3-8,14,16H,2,9-10H2,1H3/t14-,16+/m0/s1. The Morgan fingerprint density at radius 3 is 2.61 bits per heavy atom. The van der Waals surface area contributed by atoms with Crippen LogP contribution in [0.15, 0.2) is 36.5 Å². The highest BCUT2D eigenvalue weighted by Gasteiger charge is 2.44. The Morgan fingerprint density at radius 2 is 2.03 bits per heavy atom. The zero-order valence-electron chi connectivity index (χ0n) is 16.2. The molecule has 0 N–H and O–H groups in total. The van der Waals surface area contributed by atoms with E-state index >= 15 is 0 Å². The lowest BCUT2D eigenvalue weighted by atomic mass is 10.1. The predicted molar refractivity (Wildman–Crippen MR) is 103 cm³/mol. The highest BCUT2D eigenvalue weighted by atomic mass is 35.5. The zero-order chi connectivity index (χ0) is 22.9. The van der Waals surface area contributed by atoms with Crippen LogP contribution in [0.25, 0.3) is 0 Å². The van der Waals surface area contributed by atoms with Gasteiger partial charge in [0, 0.05) is 16.8 Å². The second-order valence-corrected chi connectivity index (χ2v) is 7.41. The highest BCUT2D eigenvalue weighted by Crippen LogP contribution is 2.33. The Labute approximate surface area is 179 Å². The summed E-state index contributed by atoms with van der Waals surface area (Å²) in [5, 5.41) is 0.296. The minimum absolute atomic E-state index is 0.0105. The van der Waals surface area contributed by atoms with Gasteiger partial charge < -0.3 is 4.90 Å². The SMILES string of the molecule is CC[C@H](F)[C@H]1CN(c2ncc(C(F)(F)F)cc2F)C(=O)N1CC(=O)c1cccc(Cl)c1. The van der Waals surface area contributed by atoms with Crippen LogP contribution in [0.4, 0.5) is 32.6 Å². The van der Waals surface area contributed by atoms with E-state index in [0.29, 0.717) is 11.2 Å². The molecule has 31 heavy (non-hydrogen) atoms. The molecule has 1 aromatic carbocycles.